The second-order valence-corrected chi connectivity index (χ2v) is 6.59. The highest BCUT2D eigenvalue weighted by Gasteiger charge is 2.12. The van der Waals surface area contributed by atoms with Crippen molar-refractivity contribution in [2.45, 2.75) is 13.0 Å². The molecule has 0 aromatic heterocycles. The van der Waals surface area contributed by atoms with Crippen LogP contribution < -0.4 is 11.1 Å². The number of hydrogen-bond donors (Lipinski definition) is 2. The molecule has 0 heterocycles. The predicted octanol–water partition coefficient (Wildman–Crippen LogP) is 2.26. The van der Waals surface area contributed by atoms with Crippen molar-refractivity contribution in [3.63, 3.8) is 0 Å². The lowest BCUT2D eigenvalue weighted by molar-refractivity contribution is 0.683. The summed E-state index contributed by atoms with van der Waals surface area (Å²) in [5.41, 5.74) is 7.35. The summed E-state index contributed by atoms with van der Waals surface area (Å²) in [6.45, 7) is 1.98. The topological polar surface area (TPSA) is 55.1 Å². The summed E-state index contributed by atoms with van der Waals surface area (Å²) in [6, 6.07) is 5.81. The minimum Gasteiger partial charge on any atom is -0.389 e. The maximum Gasteiger partial charge on any atom is 0.107 e. The average molecular weight is 335 g/mol. The second kappa shape index (κ2) is 6.47. The lowest BCUT2D eigenvalue weighted by Crippen LogP contribution is -2.24. The molecule has 2 atom stereocenters. The maximum atomic E-state index is 11.1. The minimum atomic E-state index is -0.830. The Morgan fingerprint density at radius 2 is 2.29 bits per heavy atom. The van der Waals surface area contributed by atoms with Gasteiger partial charge in [0.1, 0.15) is 4.99 Å². The van der Waals surface area contributed by atoms with E-state index < -0.39 is 10.8 Å². The van der Waals surface area contributed by atoms with Gasteiger partial charge in [-0.1, -0.05) is 18.3 Å². The van der Waals surface area contributed by atoms with Crippen LogP contribution >= 0.6 is 28.1 Å². The molecular formula is C11H15BrN2OS2. The highest BCUT2D eigenvalue weighted by atomic mass is 79.9. The fourth-order valence-electron chi connectivity index (χ4n) is 1.55. The van der Waals surface area contributed by atoms with Crippen LogP contribution in [0.4, 0.5) is 5.69 Å². The van der Waals surface area contributed by atoms with E-state index >= 15 is 0 Å². The van der Waals surface area contributed by atoms with Gasteiger partial charge in [-0.3, -0.25) is 4.21 Å². The summed E-state index contributed by atoms with van der Waals surface area (Å²) in [5.74, 6) is 0.587. The molecule has 94 valence electrons. The van der Waals surface area contributed by atoms with Crippen LogP contribution in [-0.2, 0) is 10.8 Å². The van der Waals surface area contributed by atoms with Gasteiger partial charge < -0.3 is 11.1 Å². The lowest BCUT2D eigenvalue weighted by atomic mass is 10.1. The first-order valence-electron chi connectivity index (χ1n) is 5.06. The minimum absolute atomic E-state index is 0.100. The van der Waals surface area contributed by atoms with Gasteiger partial charge in [-0.05, 0) is 35.0 Å². The molecule has 2 unspecified atom stereocenters. The molecular weight excluding hydrogens is 320 g/mol. The van der Waals surface area contributed by atoms with Crippen LogP contribution in [0.15, 0.2) is 22.7 Å². The summed E-state index contributed by atoms with van der Waals surface area (Å²) in [6.07, 6.45) is 1.69. The van der Waals surface area contributed by atoms with Crippen LogP contribution in [0.2, 0.25) is 0 Å². The first kappa shape index (κ1) is 14.6. The molecule has 1 aromatic carbocycles. The number of halogens is 1. The summed E-state index contributed by atoms with van der Waals surface area (Å²) in [7, 11) is -0.830. The van der Waals surface area contributed by atoms with Gasteiger partial charge in [-0.25, -0.2) is 0 Å². The van der Waals surface area contributed by atoms with E-state index in [-0.39, 0.29) is 6.04 Å². The number of hydrogen-bond acceptors (Lipinski definition) is 3. The van der Waals surface area contributed by atoms with Gasteiger partial charge in [0.15, 0.2) is 0 Å². The van der Waals surface area contributed by atoms with Gasteiger partial charge >= 0.3 is 0 Å². The summed E-state index contributed by atoms with van der Waals surface area (Å²) < 4.78 is 12.0. The van der Waals surface area contributed by atoms with E-state index in [0.29, 0.717) is 10.7 Å². The van der Waals surface area contributed by atoms with Crippen molar-refractivity contribution in [2.75, 3.05) is 17.3 Å². The lowest BCUT2D eigenvalue weighted by Gasteiger charge is -2.17. The maximum absolute atomic E-state index is 11.1. The van der Waals surface area contributed by atoms with Crippen LogP contribution in [0.25, 0.3) is 0 Å². The Balaban J connectivity index is 2.94. The Kier molecular flexibility index (Phi) is 5.55. The molecule has 0 amide bonds. The average Bonchev–Trinajstić information content (AvgIpc) is 2.15. The zero-order chi connectivity index (χ0) is 13.0. The highest BCUT2D eigenvalue weighted by Crippen LogP contribution is 2.25. The molecule has 0 bridgehead atoms. The Bertz CT molecular complexity index is 451. The van der Waals surface area contributed by atoms with Crippen LogP contribution in [0, 0.1) is 0 Å². The van der Waals surface area contributed by atoms with Gasteiger partial charge in [-0.2, -0.15) is 0 Å². The van der Waals surface area contributed by atoms with Crippen LogP contribution in [0.5, 0.6) is 0 Å². The normalized spacial score (nSPS) is 14.1. The van der Waals surface area contributed by atoms with Crippen molar-refractivity contribution in [1.82, 2.24) is 0 Å². The number of thiocarbonyl (C=S) groups is 1. The van der Waals surface area contributed by atoms with Crippen molar-refractivity contribution in [3.05, 3.63) is 28.2 Å². The number of nitrogens with two attached hydrogens (primary N) is 1. The standard InChI is InChI=1S/C11H15BrN2OS2/c1-7(6-17(2)15)14-9-5-3-4-8(12)10(9)11(13)16/h3-5,7,14H,6H2,1-2H3,(H2,13,16). The van der Waals surface area contributed by atoms with E-state index in [2.05, 4.69) is 21.2 Å². The van der Waals surface area contributed by atoms with Gasteiger partial charge in [0, 0.05) is 44.6 Å². The molecule has 0 radical (unpaired) electrons. The smallest absolute Gasteiger partial charge is 0.107 e. The molecule has 1 aromatic rings. The number of anilines is 1. The molecule has 0 aliphatic rings. The predicted molar refractivity (Wildman–Crippen MR) is 82.0 cm³/mol. The molecule has 1 rings (SSSR count). The number of benzene rings is 1. The third-order valence-corrected chi connectivity index (χ3v) is 3.98. The molecule has 0 saturated carbocycles. The van der Waals surface area contributed by atoms with E-state index in [9.17, 15) is 4.21 Å². The SMILES string of the molecule is CC(CS(C)=O)Nc1cccc(Br)c1C(N)=S. The molecule has 17 heavy (non-hydrogen) atoms. The largest absolute Gasteiger partial charge is 0.389 e. The van der Waals surface area contributed by atoms with Gasteiger partial charge in [0.05, 0.1) is 0 Å². The molecule has 0 aliphatic heterocycles. The van der Waals surface area contributed by atoms with Crippen LogP contribution in [0.1, 0.15) is 12.5 Å². The fraction of sp³-hybridized carbons (Fsp3) is 0.364. The second-order valence-electron chi connectivity index (χ2n) is 3.81. The molecule has 0 spiro atoms. The number of rotatable bonds is 5. The van der Waals surface area contributed by atoms with Crippen molar-refractivity contribution >= 4 is 49.6 Å². The monoisotopic (exact) mass is 334 g/mol. The zero-order valence-corrected chi connectivity index (χ0v) is 12.9. The van der Waals surface area contributed by atoms with Gasteiger partial charge in [0.25, 0.3) is 0 Å². The van der Waals surface area contributed by atoms with Gasteiger partial charge in [-0.15, -0.1) is 0 Å². The summed E-state index contributed by atoms with van der Waals surface area (Å²) in [5, 5.41) is 3.27. The molecule has 3 nitrogen and oxygen atoms in total. The summed E-state index contributed by atoms with van der Waals surface area (Å²) in [4.78, 5) is 0.338. The fourth-order valence-corrected chi connectivity index (χ4v) is 3.27. The first-order chi connectivity index (χ1) is 7.91. The quantitative estimate of drug-likeness (QED) is 0.811. The molecule has 0 saturated heterocycles. The van der Waals surface area contributed by atoms with Crippen molar-refractivity contribution in [2.24, 2.45) is 5.73 Å². The van der Waals surface area contributed by atoms with E-state index in [1.54, 1.807) is 6.26 Å². The zero-order valence-electron chi connectivity index (χ0n) is 9.70. The molecule has 0 aliphatic carbocycles. The Labute approximate surface area is 118 Å². The summed E-state index contributed by atoms with van der Waals surface area (Å²) >= 11 is 8.45. The van der Waals surface area contributed by atoms with E-state index in [0.717, 1.165) is 15.7 Å². The van der Waals surface area contributed by atoms with E-state index in [4.69, 9.17) is 18.0 Å². The Hall–Kier alpha value is -0.460. The first-order valence-corrected chi connectivity index (χ1v) is 7.99. The molecule has 6 heteroatoms. The van der Waals surface area contributed by atoms with Crippen molar-refractivity contribution in [3.8, 4) is 0 Å². The third-order valence-electron chi connectivity index (χ3n) is 2.15. The van der Waals surface area contributed by atoms with Crippen molar-refractivity contribution in [1.29, 1.82) is 0 Å². The Morgan fingerprint density at radius 1 is 1.65 bits per heavy atom. The molecule has 0 fully saturated rings. The van der Waals surface area contributed by atoms with E-state index in [1.807, 2.05) is 25.1 Å². The van der Waals surface area contributed by atoms with Crippen LogP contribution in [-0.4, -0.2) is 27.2 Å². The third kappa shape index (κ3) is 4.37. The number of nitrogens with one attached hydrogen (secondary N) is 1. The molecule has 3 N–H and O–H groups in total. The Morgan fingerprint density at radius 3 is 2.82 bits per heavy atom. The van der Waals surface area contributed by atoms with Crippen LogP contribution in [0.3, 0.4) is 0 Å². The van der Waals surface area contributed by atoms with Crippen molar-refractivity contribution < 1.29 is 4.21 Å². The highest BCUT2D eigenvalue weighted by molar-refractivity contribution is 9.10. The van der Waals surface area contributed by atoms with E-state index in [1.165, 1.54) is 0 Å². The van der Waals surface area contributed by atoms with Gasteiger partial charge in [0.2, 0.25) is 0 Å².